The van der Waals surface area contributed by atoms with Gasteiger partial charge in [-0.25, -0.2) is 16.8 Å². The number of hydrogen-bond donors (Lipinski definition) is 1. The molecular formula is C12H18BrN2O4S2+. The Morgan fingerprint density at radius 2 is 1.71 bits per heavy atom. The predicted molar refractivity (Wildman–Crippen MR) is 82.6 cm³/mol. The van der Waals surface area contributed by atoms with Gasteiger partial charge in [-0.3, -0.25) is 0 Å². The van der Waals surface area contributed by atoms with Crippen LogP contribution in [0.5, 0.6) is 0 Å². The fraction of sp³-hybridized carbons (Fsp3) is 0.500. The molecule has 1 saturated heterocycles. The van der Waals surface area contributed by atoms with Crippen LogP contribution in [0.15, 0.2) is 32.5 Å². The van der Waals surface area contributed by atoms with Crippen molar-refractivity contribution in [3.63, 3.8) is 0 Å². The Hall–Kier alpha value is -0.480. The van der Waals surface area contributed by atoms with Crippen LogP contribution in [0.1, 0.15) is 0 Å². The van der Waals surface area contributed by atoms with Gasteiger partial charge in [-0.05, 0) is 34.1 Å². The Labute approximate surface area is 133 Å². The van der Waals surface area contributed by atoms with Crippen LogP contribution in [-0.2, 0) is 19.9 Å². The fourth-order valence-electron chi connectivity index (χ4n) is 2.19. The number of quaternary nitrogens is 1. The van der Waals surface area contributed by atoms with Crippen molar-refractivity contribution in [1.82, 2.24) is 4.31 Å². The first-order valence-corrected chi connectivity index (χ1v) is 10.6. The van der Waals surface area contributed by atoms with Crippen LogP contribution in [0.25, 0.3) is 0 Å². The first-order chi connectivity index (χ1) is 9.62. The minimum atomic E-state index is -3.65. The Balaban J connectivity index is 2.42. The van der Waals surface area contributed by atoms with Gasteiger partial charge in [-0.2, -0.15) is 4.31 Å². The van der Waals surface area contributed by atoms with E-state index in [9.17, 15) is 16.8 Å². The Morgan fingerprint density at radius 3 is 2.24 bits per heavy atom. The molecule has 0 bridgehead atoms. The Bertz CT molecular complexity index is 739. The average molecular weight is 398 g/mol. The van der Waals surface area contributed by atoms with Gasteiger partial charge in [0.25, 0.3) is 0 Å². The zero-order valence-corrected chi connectivity index (χ0v) is 15.1. The second-order valence-corrected chi connectivity index (χ2v) is 10.0. The molecule has 1 aliphatic rings. The topological polar surface area (TPSA) is 76.0 Å². The molecule has 0 aliphatic carbocycles. The average Bonchev–Trinajstić information content (AvgIpc) is 2.38. The van der Waals surface area contributed by atoms with E-state index < -0.39 is 19.9 Å². The number of halogens is 1. The number of hydrogen-bond acceptors (Lipinski definition) is 4. The van der Waals surface area contributed by atoms with E-state index in [0.29, 0.717) is 17.6 Å². The van der Waals surface area contributed by atoms with Crippen molar-refractivity contribution in [3.05, 3.63) is 22.7 Å². The number of nitrogens with zero attached hydrogens (tertiary/aromatic N) is 1. The van der Waals surface area contributed by atoms with Crippen molar-refractivity contribution >= 4 is 35.8 Å². The predicted octanol–water partition coefficient (Wildman–Crippen LogP) is -0.628. The third-order valence-electron chi connectivity index (χ3n) is 3.52. The Morgan fingerprint density at radius 1 is 1.14 bits per heavy atom. The lowest BCUT2D eigenvalue weighted by Crippen LogP contribution is -3.12. The van der Waals surface area contributed by atoms with Gasteiger partial charge in [0.1, 0.15) is 0 Å². The number of sulfone groups is 1. The maximum Gasteiger partial charge on any atom is 0.243 e. The van der Waals surface area contributed by atoms with E-state index in [4.69, 9.17) is 0 Å². The second kappa shape index (κ2) is 5.96. The van der Waals surface area contributed by atoms with Gasteiger partial charge >= 0.3 is 0 Å². The summed E-state index contributed by atoms with van der Waals surface area (Å²) in [6, 6.07) is 4.11. The summed E-state index contributed by atoms with van der Waals surface area (Å²) in [4.78, 5) is 1.29. The highest BCUT2D eigenvalue weighted by molar-refractivity contribution is 9.10. The zero-order chi connectivity index (χ0) is 15.8. The van der Waals surface area contributed by atoms with E-state index in [1.807, 2.05) is 7.05 Å². The molecule has 0 saturated carbocycles. The maximum absolute atomic E-state index is 12.6. The van der Waals surface area contributed by atoms with Gasteiger partial charge < -0.3 is 4.90 Å². The summed E-state index contributed by atoms with van der Waals surface area (Å²) >= 11 is 3.15. The molecule has 6 nitrogen and oxygen atoms in total. The molecule has 0 radical (unpaired) electrons. The van der Waals surface area contributed by atoms with Crippen LogP contribution >= 0.6 is 15.9 Å². The minimum absolute atomic E-state index is 0.0108. The molecule has 0 unspecified atom stereocenters. The van der Waals surface area contributed by atoms with E-state index in [-0.39, 0.29) is 9.79 Å². The zero-order valence-electron chi connectivity index (χ0n) is 11.8. The largest absolute Gasteiger partial charge is 0.335 e. The van der Waals surface area contributed by atoms with Crippen molar-refractivity contribution in [1.29, 1.82) is 0 Å². The summed E-state index contributed by atoms with van der Waals surface area (Å²) in [5, 5.41) is 0. The lowest BCUT2D eigenvalue weighted by Gasteiger charge is -2.29. The number of sulfonamides is 1. The number of piperazine rings is 1. The van der Waals surface area contributed by atoms with E-state index in [1.165, 1.54) is 27.4 Å². The molecule has 0 spiro atoms. The summed E-state index contributed by atoms with van der Waals surface area (Å²) in [6.45, 7) is 2.38. The van der Waals surface area contributed by atoms with Crippen LogP contribution in [0.2, 0.25) is 0 Å². The summed E-state index contributed by atoms with van der Waals surface area (Å²) in [5.74, 6) is 0. The molecule has 1 fully saturated rings. The molecule has 1 aromatic carbocycles. The highest BCUT2D eigenvalue weighted by Gasteiger charge is 2.30. The lowest BCUT2D eigenvalue weighted by molar-refractivity contribution is -0.883. The van der Waals surface area contributed by atoms with Crippen molar-refractivity contribution in [3.8, 4) is 0 Å². The van der Waals surface area contributed by atoms with Crippen LogP contribution < -0.4 is 4.90 Å². The van der Waals surface area contributed by atoms with Crippen molar-refractivity contribution in [2.24, 2.45) is 0 Å². The van der Waals surface area contributed by atoms with Gasteiger partial charge in [-0.1, -0.05) is 0 Å². The number of benzene rings is 1. The molecule has 1 aromatic rings. The smallest absolute Gasteiger partial charge is 0.243 e. The van der Waals surface area contributed by atoms with Crippen LogP contribution in [-0.4, -0.2) is 60.6 Å². The third-order valence-corrected chi connectivity index (χ3v) is 7.50. The van der Waals surface area contributed by atoms with Gasteiger partial charge in [0.05, 0.1) is 43.0 Å². The van der Waals surface area contributed by atoms with Gasteiger partial charge in [0.2, 0.25) is 10.0 Å². The molecule has 21 heavy (non-hydrogen) atoms. The van der Waals surface area contributed by atoms with Crippen molar-refractivity contribution in [2.75, 3.05) is 39.5 Å². The summed E-state index contributed by atoms with van der Waals surface area (Å²) in [6.07, 6.45) is 1.06. The monoisotopic (exact) mass is 397 g/mol. The standard InChI is InChI=1S/C12H17BrN2O4S2/c1-14-5-7-15(8-6-14)21(18,19)10-3-4-11(13)12(9-10)20(2,16)17/h3-4,9H,5-8H2,1-2H3/p+1. The first-order valence-electron chi connectivity index (χ1n) is 6.43. The minimum Gasteiger partial charge on any atom is -0.335 e. The summed E-state index contributed by atoms with van der Waals surface area (Å²) in [5.41, 5.74) is 0. The summed E-state index contributed by atoms with van der Waals surface area (Å²) in [7, 11) is -5.12. The van der Waals surface area contributed by atoms with Crippen LogP contribution in [0.3, 0.4) is 0 Å². The lowest BCUT2D eigenvalue weighted by atomic mass is 10.4. The fourth-order valence-corrected chi connectivity index (χ4v) is 5.62. The van der Waals surface area contributed by atoms with Crippen LogP contribution in [0, 0.1) is 0 Å². The van der Waals surface area contributed by atoms with Gasteiger partial charge in [0.15, 0.2) is 9.84 Å². The third kappa shape index (κ3) is 3.65. The SMILES string of the molecule is C[NH+]1CCN(S(=O)(=O)c2ccc(Br)c(S(C)(=O)=O)c2)CC1. The quantitative estimate of drug-likeness (QED) is 0.736. The molecule has 0 amide bonds. The molecule has 1 heterocycles. The Kier molecular flexibility index (Phi) is 4.79. The second-order valence-electron chi connectivity index (χ2n) is 5.23. The van der Waals surface area contributed by atoms with E-state index in [2.05, 4.69) is 15.9 Å². The molecule has 118 valence electrons. The molecule has 1 N–H and O–H groups in total. The van der Waals surface area contributed by atoms with Gasteiger partial charge in [0, 0.05) is 10.7 Å². The van der Waals surface area contributed by atoms with E-state index >= 15 is 0 Å². The van der Waals surface area contributed by atoms with E-state index in [0.717, 1.165) is 19.3 Å². The molecule has 9 heteroatoms. The van der Waals surface area contributed by atoms with Crippen LogP contribution in [0.4, 0.5) is 0 Å². The molecular weight excluding hydrogens is 380 g/mol. The van der Waals surface area contributed by atoms with Gasteiger partial charge in [-0.15, -0.1) is 0 Å². The van der Waals surface area contributed by atoms with E-state index in [1.54, 1.807) is 0 Å². The first kappa shape index (κ1) is 16.9. The highest BCUT2D eigenvalue weighted by Crippen LogP contribution is 2.26. The van der Waals surface area contributed by atoms with Crippen molar-refractivity contribution in [2.45, 2.75) is 9.79 Å². The summed E-state index contributed by atoms with van der Waals surface area (Å²) < 4.78 is 50.4. The number of nitrogens with one attached hydrogen (secondary N) is 1. The molecule has 1 aliphatic heterocycles. The highest BCUT2D eigenvalue weighted by atomic mass is 79.9. The molecule has 2 rings (SSSR count). The van der Waals surface area contributed by atoms with Crippen molar-refractivity contribution < 1.29 is 21.7 Å². The number of rotatable bonds is 3. The molecule has 0 aromatic heterocycles. The molecule has 0 atom stereocenters. The number of likely N-dealkylation sites (N-methyl/N-ethyl adjacent to an activating group) is 1. The maximum atomic E-state index is 12.6. The normalized spacial score (nSPS) is 18.8.